The van der Waals surface area contributed by atoms with Gasteiger partial charge in [0.25, 0.3) is 0 Å². The summed E-state index contributed by atoms with van der Waals surface area (Å²) < 4.78 is 16.3. The first-order valence-corrected chi connectivity index (χ1v) is 10.1. The highest BCUT2D eigenvalue weighted by Gasteiger charge is 2.33. The molecule has 6 nitrogen and oxygen atoms in total. The van der Waals surface area contributed by atoms with Crippen LogP contribution in [-0.2, 0) is 4.79 Å². The molecule has 0 radical (unpaired) electrons. The summed E-state index contributed by atoms with van der Waals surface area (Å²) in [6.45, 7) is 8.16. The second-order valence-electron chi connectivity index (χ2n) is 6.09. The monoisotopic (exact) mass is 382 g/mol. The number of rotatable bonds is 10. The molecule has 1 aliphatic rings. The number of hydrogen-bond acceptors (Lipinski definition) is 6. The molecule has 26 heavy (non-hydrogen) atoms. The lowest BCUT2D eigenvalue weighted by atomic mass is 10.1. The van der Waals surface area contributed by atoms with Crippen LogP contribution in [0.5, 0.6) is 17.2 Å². The van der Waals surface area contributed by atoms with Crippen molar-refractivity contribution in [1.82, 2.24) is 9.80 Å². The van der Waals surface area contributed by atoms with Gasteiger partial charge in [-0.05, 0) is 43.8 Å². The van der Waals surface area contributed by atoms with Crippen LogP contribution in [-0.4, -0.2) is 69.0 Å². The molecule has 0 bridgehead atoms. The van der Waals surface area contributed by atoms with E-state index < -0.39 is 0 Å². The first-order valence-electron chi connectivity index (χ1n) is 9.02. The summed E-state index contributed by atoms with van der Waals surface area (Å²) in [5.41, 5.74) is 0.998. The Morgan fingerprint density at radius 2 is 1.73 bits per heavy atom. The zero-order valence-corrected chi connectivity index (χ0v) is 17.2. The molecule has 1 aromatic carbocycles. The quantitative estimate of drug-likeness (QED) is 0.620. The number of carbonyl (C=O) groups excluding carboxylic acids is 1. The zero-order chi connectivity index (χ0) is 19.1. The lowest BCUT2D eigenvalue weighted by molar-refractivity contribution is -0.128. The van der Waals surface area contributed by atoms with E-state index in [2.05, 4.69) is 18.7 Å². The molecule has 7 heteroatoms. The highest BCUT2D eigenvalue weighted by molar-refractivity contribution is 8.00. The van der Waals surface area contributed by atoms with Crippen LogP contribution in [0.15, 0.2) is 12.1 Å². The van der Waals surface area contributed by atoms with Gasteiger partial charge in [-0.25, -0.2) is 0 Å². The number of methoxy groups -OCH3 is 3. The lowest BCUT2D eigenvalue weighted by Gasteiger charge is -2.27. The first-order chi connectivity index (χ1) is 12.6. The van der Waals surface area contributed by atoms with Gasteiger partial charge in [0.2, 0.25) is 11.7 Å². The van der Waals surface area contributed by atoms with Crippen molar-refractivity contribution in [1.29, 1.82) is 0 Å². The molecule has 1 atom stereocenters. The van der Waals surface area contributed by atoms with Crippen molar-refractivity contribution in [3.8, 4) is 17.2 Å². The van der Waals surface area contributed by atoms with Gasteiger partial charge < -0.3 is 24.0 Å². The van der Waals surface area contributed by atoms with Gasteiger partial charge in [0.1, 0.15) is 5.37 Å². The number of hydrogen-bond donors (Lipinski definition) is 0. The van der Waals surface area contributed by atoms with Gasteiger partial charge in [-0.1, -0.05) is 13.8 Å². The van der Waals surface area contributed by atoms with E-state index in [0.29, 0.717) is 23.0 Å². The summed E-state index contributed by atoms with van der Waals surface area (Å²) in [7, 11) is 4.80. The summed E-state index contributed by atoms with van der Waals surface area (Å²) in [5.74, 6) is 2.50. The summed E-state index contributed by atoms with van der Waals surface area (Å²) >= 11 is 1.64. The molecule has 1 saturated heterocycles. The zero-order valence-electron chi connectivity index (χ0n) is 16.4. The Kier molecular flexibility index (Phi) is 7.90. The van der Waals surface area contributed by atoms with Crippen LogP contribution in [0, 0.1) is 0 Å². The molecule has 1 unspecified atom stereocenters. The number of benzene rings is 1. The predicted molar refractivity (Wildman–Crippen MR) is 105 cm³/mol. The van der Waals surface area contributed by atoms with Crippen molar-refractivity contribution >= 4 is 17.7 Å². The van der Waals surface area contributed by atoms with E-state index in [9.17, 15) is 4.79 Å². The van der Waals surface area contributed by atoms with Crippen LogP contribution in [0.2, 0.25) is 0 Å². The van der Waals surface area contributed by atoms with E-state index in [4.69, 9.17) is 14.2 Å². The number of carbonyl (C=O) groups is 1. The minimum Gasteiger partial charge on any atom is -0.493 e. The lowest BCUT2D eigenvalue weighted by Crippen LogP contribution is -2.32. The molecule has 0 N–H and O–H groups in total. The van der Waals surface area contributed by atoms with Crippen molar-refractivity contribution in [2.45, 2.75) is 25.6 Å². The number of thioether (sulfide) groups is 1. The van der Waals surface area contributed by atoms with Crippen LogP contribution < -0.4 is 14.2 Å². The molecule has 0 aliphatic carbocycles. The molecule has 0 saturated carbocycles. The molecule has 2 rings (SSSR count). The Morgan fingerprint density at radius 3 is 2.23 bits per heavy atom. The maximum Gasteiger partial charge on any atom is 0.233 e. The molecule has 0 aromatic heterocycles. The van der Waals surface area contributed by atoms with E-state index in [0.717, 1.165) is 38.2 Å². The average molecular weight is 383 g/mol. The fourth-order valence-corrected chi connectivity index (χ4v) is 4.42. The van der Waals surface area contributed by atoms with Crippen molar-refractivity contribution in [3.05, 3.63) is 17.7 Å². The highest BCUT2D eigenvalue weighted by atomic mass is 32.2. The maximum atomic E-state index is 12.4. The SMILES string of the molecule is CCN(CC)CCCN1C(=O)CSC1c1cc(OC)c(OC)c(OC)c1. The molecule has 1 aliphatic heterocycles. The third-order valence-electron chi connectivity index (χ3n) is 4.71. The van der Waals surface area contributed by atoms with Crippen molar-refractivity contribution in [3.63, 3.8) is 0 Å². The fourth-order valence-electron chi connectivity index (χ4n) is 3.22. The summed E-state index contributed by atoms with van der Waals surface area (Å²) in [5, 5.41) is -0.0205. The van der Waals surface area contributed by atoms with Gasteiger partial charge in [0, 0.05) is 6.54 Å². The molecular formula is C19H30N2O4S. The number of nitrogens with zero attached hydrogens (tertiary/aromatic N) is 2. The summed E-state index contributed by atoms with van der Waals surface area (Å²) in [6.07, 6.45) is 0.967. The smallest absolute Gasteiger partial charge is 0.233 e. The van der Waals surface area contributed by atoms with Crippen LogP contribution >= 0.6 is 11.8 Å². The molecule has 1 fully saturated rings. The Hall–Kier alpha value is -1.60. The van der Waals surface area contributed by atoms with Gasteiger partial charge in [-0.3, -0.25) is 4.79 Å². The standard InChI is InChI=1S/C19H30N2O4S/c1-6-20(7-2)9-8-10-21-17(22)13-26-19(21)14-11-15(23-3)18(25-5)16(12-14)24-4/h11-12,19H,6-10,13H2,1-5H3. The van der Waals surface area contributed by atoms with E-state index in [1.165, 1.54) is 0 Å². The fraction of sp³-hybridized carbons (Fsp3) is 0.632. The Bertz CT molecular complexity index is 582. The number of ether oxygens (including phenoxy) is 3. The topological polar surface area (TPSA) is 51.2 Å². The van der Waals surface area contributed by atoms with Crippen LogP contribution in [0.3, 0.4) is 0 Å². The normalized spacial score (nSPS) is 17.1. The highest BCUT2D eigenvalue weighted by Crippen LogP contribution is 2.45. The third-order valence-corrected chi connectivity index (χ3v) is 5.96. The van der Waals surface area contributed by atoms with Crippen molar-refractivity contribution < 1.29 is 19.0 Å². The van der Waals surface area contributed by atoms with Crippen LogP contribution in [0.25, 0.3) is 0 Å². The first kappa shape index (κ1) is 20.7. The second kappa shape index (κ2) is 9.92. The predicted octanol–water partition coefficient (Wildman–Crippen LogP) is 3.02. The summed E-state index contributed by atoms with van der Waals surface area (Å²) in [6, 6.07) is 3.88. The molecule has 1 amide bonds. The van der Waals surface area contributed by atoms with Gasteiger partial charge in [-0.2, -0.15) is 0 Å². The Morgan fingerprint density at radius 1 is 1.12 bits per heavy atom. The van der Waals surface area contributed by atoms with E-state index >= 15 is 0 Å². The maximum absolute atomic E-state index is 12.4. The molecule has 1 heterocycles. The van der Waals surface area contributed by atoms with Crippen molar-refractivity contribution in [2.75, 3.05) is 53.3 Å². The number of amides is 1. The van der Waals surface area contributed by atoms with Gasteiger partial charge in [0.05, 0.1) is 27.1 Å². The minimum atomic E-state index is -0.0205. The molecule has 146 valence electrons. The van der Waals surface area contributed by atoms with E-state index in [-0.39, 0.29) is 11.3 Å². The largest absolute Gasteiger partial charge is 0.493 e. The molecule has 0 spiro atoms. The van der Waals surface area contributed by atoms with Crippen LogP contribution in [0.4, 0.5) is 0 Å². The van der Waals surface area contributed by atoms with Gasteiger partial charge in [-0.15, -0.1) is 11.8 Å². The van der Waals surface area contributed by atoms with Crippen LogP contribution in [0.1, 0.15) is 31.2 Å². The van der Waals surface area contributed by atoms with Gasteiger partial charge in [0.15, 0.2) is 11.5 Å². The second-order valence-corrected chi connectivity index (χ2v) is 7.16. The Balaban J connectivity index is 2.19. The van der Waals surface area contributed by atoms with E-state index in [1.54, 1.807) is 33.1 Å². The van der Waals surface area contributed by atoms with E-state index in [1.807, 2.05) is 17.0 Å². The Labute approximate surface area is 160 Å². The average Bonchev–Trinajstić information content (AvgIpc) is 3.04. The molecular weight excluding hydrogens is 352 g/mol. The third kappa shape index (κ3) is 4.57. The summed E-state index contributed by atoms with van der Waals surface area (Å²) in [4.78, 5) is 16.8. The minimum absolute atomic E-state index is 0.0205. The van der Waals surface area contributed by atoms with Crippen molar-refractivity contribution in [2.24, 2.45) is 0 Å². The van der Waals surface area contributed by atoms with Gasteiger partial charge >= 0.3 is 0 Å². The molecule has 1 aromatic rings.